The van der Waals surface area contributed by atoms with Crippen molar-refractivity contribution in [3.05, 3.63) is 71.8 Å². The highest BCUT2D eigenvalue weighted by Crippen LogP contribution is 2.26. The third-order valence-electron chi connectivity index (χ3n) is 4.91. The molecule has 0 aliphatic heterocycles. The standard InChI is InChI=1S/C22H26O6/c1-21(27,18(24)14-16-11-7-4-8-12-16)20(26)22(2,28)19(25)17(23)13-15-9-5-3-6-10-15/h3-12,17,20,23,26-28H,13-14H2,1-2H3/t17?,20-,21+,22-/m1/s1. The van der Waals surface area contributed by atoms with Crippen molar-refractivity contribution in [3.63, 3.8) is 0 Å². The molecule has 0 aliphatic carbocycles. The van der Waals surface area contributed by atoms with Crippen molar-refractivity contribution in [2.24, 2.45) is 0 Å². The zero-order valence-electron chi connectivity index (χ0n) is 15.9. The first-order valence-electron chi connectivity index (χ1n) is 9.03. The van der Waals surface area contributed by atoms with Crippen molar-refractivity contribution in [1.29, 1.82) is 0 Å². The van der Waals surface area contributed by atoms with Gasteiger partial charge in [0.1, 0.15) is 17.8 Å². The van der Waals surface area contributed by atoms with Crippen LogP contribution >= 0.6 is 0 Å². The molecule has 0 amide bonds. The Morgan fingerprint density at radius 2 is 1.29 bits per heavy atom. The van der Waals surface area contributed by atoms with Gasteiger partial charge in [0.05, 0.1) is 0 Å². The zero-order chi connectivity index (χ0) is 20.9. The molecule has 4 N–H and O–H groups in total. The van der Waals surface area contributed by atoms with Crippen molar-refractivity contribution >= 4 is 11.6 Å². The SMILES string of the molecule is C[C@](O)(C(=O)Cc1ccccc1)[C@@H](O)[C@](C)(O)C(=O)C(O)Cc1ccccc1. The Kier molecular flexibility index (Phi) is 6.85. The van der Waals surface area contributed by atoms with Crippen LogP contribution in [0.2, 0.25) is 0 Å². The normalized spacial score (nSPS) is 17.8. The van der Waals surface area contributed by atoms with Crippen LogP contribution in [0.4, 0.5) is 0 Å². The number of aliphatic hydroxyl groups excluding tert-OH is 2. The maximum Gasteiger partial charge on any atom is 0.195 e. The molecule has 0 saturated heterocycles. The molecule has 6 nitrogen and oxygen atoms in total. The van der Waals surface area contributed by atoms with Crippen LogP contribution < -0.4 is 0 Å². The molecule has 0 heterocycles. The van der Waals surface area contributed by atoms with Crippen LogP contribution in [-0.4, -0.2) is 55.4 Å². The van der Waals surface area contributed by atoms with Crippen LogP contribution in [0, 0.1) is 0 Å². The Morgan fingerprint density at radius 3 is 1.79 bits per heavy atom. The van der Waals surface area contributed by atoms with Gasteiger partial charge < -0.3 is 20.4 Å². The summed E-state index contributed by atoms with van der Waals surface area (Å²) in [5.41, 5.74) is -3.62. The van der Waals surface area contributed by atoms with Crippen LogP contribution in [0.15, 0.2) is 60.7 Å². The molecular weight excluding hydrogens is 360 g/mol. The minimum Gasteiger partial charge on any atom is -0.386 e. The summed E-state index contributed by atoms with van der Waals surface area (Å²) in [7, 11) is 0. The minimum atomic E-state index is -2.52. The summed E-state index contributed by atoms with van der Waals surface area (Å²) in [4.78, 5) is 25.1. The van der Waals surface area contributed by atoms with Crippen LogP contribution in [0.1, 0.15) is 25.0 Å². The first-order valence-corrected chi connectivity index (χ1v) is 9.03. The number of carbonyl (C=O) groups is 2. The molecule has 2 aromatic carbocycles. The lowest BCUT2D eigenvalue weighted by atomic mass is 9.77. The second kappa shape index (κ2) is 8.75. The highest BCUT2D eigenvalue weighted by atomic mass is 16.4. The smallest absolute Gasteiger partial charge is 0.195 e. The average molecular weight is 386 g/mol. The van der Waals surface area contributed by atoms with Gasteiger partial charge in [0, 0.05) is 12.8 Å². The number of aliphatic hydroxyl groups is 4. The molecule has 4 atom stereocenters. The number of benzene rings is 2. The molecule has 2 aromatic rings. The third kappa shape index (κ3) is 4.91. The van der Waals surface area contributed by atoms with Crippen molar-refractivity contribution < 1.29 is 30.0 Å². The molecule has 0 aliphatic rings. The summed E-state index contributed by atoms with van der Waals surface area (Å²) in [6.45, 7) is 2.03. The molecule has 0 radical (unpaired) electrons. The van der Waals surface area contributed by atoms with E-state index in [1.807, 2.05) is 0 Å². The summed E-state index contributed by atoms with van der Waals surface area (Å²) in [6.07, 6.45) is -3.97. The molecule has 0 aromatic heterocycles. The predicted octanol–water partition coefficient (Wildman–Crippen LogP) is 0.834. The molecule has 0 saturated carbocycles. The van der Waals surface area contributed by atoms with Crippen molar-refractivity contribution in [3.8, 4) is 0 Å². The van der Waals surface area contributed by atoms with Gasteiger partial charge in [-0.15, -0.1) is 0 Å². The molecule has 2 rings (SSSR count). The predicted molar refractivity (Wildman–Crippen MR) is 104 cm³/mol. The number of hydrogen-bond acceptors (Lipinski definition) is 6. The van der Waals surface area contributed by atoms with Crippen molar-refractivity contribution in [2.45, 2.75) is 50.1 Å². The number of rotatable bonds is 9. The van der Waals surface area contributed by atoms with Gasteiger partial charge >= 0.3 is 0 Å². The fraction of sp³-hybridized carbons (Fsp3) is 0.364. The highest BCUT2D eigenvalue weighted by Gasteiger charge is 2.52. The van der Waals surface area contributed by atoms with Crippen LogP contribution in [0.25, 0.3) is 0 Å². The van der Waals surface area contributed by atoms with Gasteiger partial charge in [0.2, 0.25) is 0 Å². The van der Waals surface area contributed by atoms with E-state index < -0.39 is 35.0 Å². The summed E-state index contributed by atoms with van der Waals surface area (Å²) in [6, 6.07) is 17.3. The zero-order valence-corrected chi connectivity index (χ0v) is 15.9. The van der Waals surface area contributed by atoms with E-state index in [0.29, 0.717) is 11.1 Å². The maximum atomic E-state index is 12.6. The van der Waals surface area contributed by atoms with Crippen LogP contribution in [0.5, 0.6) is 0 Å². The molecular formula is C22H26O6. The number of ketones is 2. The number of carbonyl (C=O) groups excluding carboxylic acids is 2. The molecule has 0 spiro atoms. The van der Waals surface area contributed by atoms with E-state index in [-0.39, 0.29) is 12.8 Å². The molecule has 1 unspecified atom stereocenters. The van der Waals surface area contributed by atoms with Gasteiger partial charge in [0.25, 0.3) is 0 Å². The van der Waals surface area contributed by atoms with Gasteiger partial charge in [-0.3, -0.25) is 9.59 Å². The van der Waals surface area contributed by atoms with E-state index in [1.165, 1.54) is 0 Å². The molecule has 0 bridgehead atoms. The van der Waals surface area contributed by atoms with Crippen LogP contribution in [-0.2, 0) is 22.4 Å². The van der Waals surface area contributed by atoms with Crippen molar-refractivity contribution in [1.82, 2.24) is 0 Å². The summed E-state index contributed by atoms with van der Waals surface area (Å²) >= 11 is 0. The lowest BCUT2D eigenvalue weighted by molar-refractivity contribution is -0.185. The topological polar surface area (TPSA) is 115 Å². The quantitative estimate of drug-likeness (QED) is 0.508. The van der Waals surface area contributed by atoms with Gasteiger partial charge in [-0.05, 0) is 25.0 Å². The molecule has 28 heavy (non-hydrogen) atoms. The van der Waals surface area contributed by atoms with E-state index in [4.69, 9.17) is 0 Å². The Morgan fingerprint density at radius 1 is 0.821 bits per heavy atom. The average Bonchev–Trinajstić information content (AvgIpc) is 2.68. The summed E-state index contributed by atoms with van der Waals surface area (Å²) < 4.78 is 0. The van der Waals surface area contributed by atoms with Gasteiger partial charge in [0.15, 0.2) is 17.2 Å². The van der Waals surface area contributed by atoms with Crippen molar-refractivity contribution in [2.75, 3.05) is 0 Å². The van der Waals surface area contributed by atoms with Crippen LogP contribution in [0.3, 0.4) is 0 Å². The summed E-state index contributed by atoms with van der Waals surface area (Å²) in [5.74, 6) is -1.83. The lowest BCUT2D eigenvalue weighted by Gasteiger charge is -2.37. The fourth-order valence-corrected chi connectivity index (χ4v) is 3.06. The second-order valence-electron chi connectivity index (χ2n) is 7.35. The van der Waals surface area contributed by atoms with E-state index in [1.54, 1.807) is 60.7 Å². The monoisotopic (exact) mass is 386 g/mol. The highest BCUT2D eigenvalue weighted by molar-refractivity contribution is 5.95. The lowest BCUT2D eigenvalue weighted by Crippen LogP contribution is -2.63. The fourth-order valence-electron chi connectivity index (χ4n) is 3.06. The number of hydrogen-bond donors (Lipinski definition) is 4. The number of Topliss-reactive ketones (excluding diaryl/α,β-unsaturated/α-hetero) is 2. The molecule has 150 valence electrons. The first-order chi connectivity index (χ1) is 13.1. The van der Waals surface area contributed by atoms with Gasteiger partial charge in [-0.25, -0.2) is 0 Å². The van der Waals surface area contributed by atoms with Gasteiger partial charge in [-0.2, -0.15) is 0 Å². The minimum absolute atomic E-state index is 0.0668. The summed E-state index contributed by atoms with van der Waals surface area (Å²) in [5, 5.41) is 41.8. The Labute approximate surface area is 164 Å². The van der Waals surface area contributed by atoms with E-state index >= 15 is 0 Å². The van der Waals surface area contributed by atoms with Gasteiger partial charge in [-0.1, -0.05) is 60.7 Å². The van der Waals surface area contributed by atoms with E-state index in [0.717, 1.165) is 13.8 Å². The Bertz CT molecular complexity index is 798. The molecule has 6 heteroatoms. The second-order valence-corrected chi connectivity index (χ2v) is 7.35. The first kappa shape index (κ1) is 21.9. The Hall–Kier alpha value is -2.38. The maximum absolute atomic E-state index is 12.6. The van der Waals surface area contributed by atoms with E-state index in [9.17, 15) is 30.0 Å². The Balaban J connectivity index is 2.13. The third-order valence-corrected chi connectivity index (χ3v) is 4.91. The largest absolute Gasteiger partial charge is 0.386 e. The van der Waals surface area contributed by atoms with E-state index in [2.05, 4.69) is 0 Å². The molecule has 0 fully saturated rings.